The van der Waals surface area contributed by atoms with Crippen LogP contribution in [0.5, 0.6) is 0 Å². The summed E-state index contributed by atoms with van der Waals surface area (Å²) in [5.41, 5.74) is 2.03. The fourth-order valence-electron chi connectivity index (χ4n) is 3.00. The van der Waals surface area contributed by atoms with Gasteiger partial charge in [-0.25, -0.2) is 4.98 Å². The van der Waals surface area contributed by atoms with Crippen LogP contribution in [0.25, 0.3) is 11.5 Å². The summed E-state index contributed by atoms with van der Waals surface area (Å²) in [6.07, 6.45) is 0.455. The minimum absolute atomic E-state index is 0.0346. The first-order chi connectivity index (χ1) is 14.3. The normalized spacial score (nSPS) is 13.6. The van der Waals surface area contributed by atoms with Crippen molar-refractivity contribution in [3.05, 3.63) is 47.2 Å². The molecule has 1 aliphatic heterocycles. The maximum Gasteiger partial charge on any atom is 0.290 e. The number of anilines is 1. The molecular formula is C22H27N3O5. The molecule has 160 valence electrons. The summed E-state index contributed by atoms with van der Waals surface area (Å²) in [7, 11) is 0. The minimum atomic E-state index is -0.356. The number of amides is 2. The van der Waals surface area contributed by atoms with Crippen molar-refractivity contribution in [3.63, 3.8) is 0 Å². The molecule has 8 nitrogen and oxygen atoms in total. The van der Waals surface area contributed by atoms with E-state index in [9.17, 15) is 9.59 Å². The molecule has 1 aromatic carbocycles. The van der Waals surface area contributed by atoms with E-state index in [0.29, 0.717) is 48.4 Å². The van der Waals surface area contributed by atoms with E-state index in [1.165, 1.54) is 0 Å². The lowest BCUT2D eigenvalue weighted by Gasteiger charge is -2.19. The molecule has 0 atom stereocenters. The number of nitrogens with zero attached hydrogens (tertiary/aromatic N) is 1. The maximum absolute atomic E-state index is 12.3. The van der Waals surface area contributed by atoms with Crippen LogP contribution < -0.4 is 10.6 Å². The molecule has 8 heteroatoms. The lowest BCUT2D eigenvalue weighted by Crippen LogP contribution is -2.29. The van der Waals surface area contributed by atoms with Crippen molar-refractivity contribution >= 4 is 17.5 Å². The predicted octanol–water partition coefficient (Wildman–Crippen LogP) is 3.53. The zero-order valence-corrected chi connectivity index (χ0v) is 17.7. The second kappa shape index (κ2) is 9.47. The molecule has 0 fully saturated rings. The SMILES string of the molecule is CC1=C(C(=O)NCc2nc(-c3cccc(NC(=O)CC(C)C)c3)oc2C)OCCO1. The molecule has 0 unspecified atom stereocenters. The standard InChI is InChI=1S/C22H27N3O5/c1-13(2)10-19(26)24-17-7-5-6-16(11-17)22-25-18(14(3)30-22)12-23-21(27)20-15(4)28-8-9-29-20/h5-7,11,13H,8-10,12H2,1-4H3,(H,23,27)(H,24,26). The van der Waals surface area contributed by atoms with Gasteiger partial charge in [-0.1, -0.05) is 19.9 Å². The van der Waals surface area contributed by atoms with E-state index in [2.05, 4.69) is 15.6 Å². The summed E-state index contributed by atoms with van der Waals surface area (Å²) in [5, 5.41) is 5.67. The number of allylic oxidation sites excluding steroid dienone is 1. The third-order valence-electron chi connectivity index (χ3n) is 4.47. The quantitative estimate of drug-likeness (QED) is 0.720. The van der Waals surface area contributed by atoms with Gasteiger partial charge in [0, 0.05) is 17.7 Å². The summed E-state index contributed by atoms with van der Waals surface area (Å²) in [5.74, 6) is 1.57. The van der Waals surface area contributed by atoms with E-state index < -0.39 is 0 Å². The second-order valence-corrected chi connectivity index (χ2v) is 7.51. The molecule has 30 heavy (non-hydrogen) atoms. The van der Waals surface area contributed by atoms with Crippen LogP contribution in [0.15, 0.2) is 40.2 Å². The van der Waals surface area contributed by atoms with Gasteiger partial charge in [-0.2, -0.15) is 0 Å². The zero-order chi connectivity index (χ0) is 21.7. The first-order valence-corrected chi connectivity index (χ1v) is 9.94. The molecule has 3 rings (SSSR count). The molecule has 2 heterocycles. The van der Waals surface area contributed by atoms with E-state index in [1.807, 2.05) is 38.1 Å². The smallest absolute Gasteiger partial charge is 0.290 e. The van der Waals surface area contributed by atoms with Crippen LogP contribution >= 0.6 is 0 Å². The number of rotatable bonds is 7. The molecule has 1 aromatic heterocycles. The highest BCUT2D eigenvalue weighted by atomic mass is 16.6. The number of hydrogen-bond donors (Lipinski definition) is 2. The van der Waals surface area contributed by atoms with Crippen LogP contribution in [0.2, 0.25) is 0 Å². The van der Waals surface area contributed by atoms with Crippen molar-refractivity contribution in [2.45, 2.75) is 40.7 Å². The highest BCUT2D eigenvalue weighted by molar-refractivity contribution is 5.92. The Balaban J connectivity index is 1.68. The van der Waals surface area contributed by atoms with Gasteiger partial charge in [-0.05, 0) is 38.0 Å². The van der Waals surface area contributed by atoms with Crippen LogP contribution in [0.4, 0.5) is 5.69 Å². The lowest BCUT2D eigenvalue weighted by atomic mass is 10.1. The summed E-state index contributed by atoms with van der Waals surface area (Å²) < 4.78 is 16.5. The number of carbonyl (C=O) groups excluding carboxylic acids is 2. The molecule has 0 bridgehead atoms. The van der Waals surface area contributed by atoms with Crippen molar-refractivity contribution < 1.29 is 23.5 Å². The number of benzene rings is 1. The Morgan fingerprint density at radius 2 is 1.93 bits per heavy atom. The number of nitrogens with one attached hydrogen (secondary N) is 2. The van der Waals surface area contributed by atoms with E-state index in [1.54, 1.807) is 13.8 Å². The summed E-state index contributed by atoms with van der Waals surface area (Å²) >= 11 is 0. The topological polar surface area (TPSA) is 103 Å². The van der Waals surface area contributed by atoms with Crippen molar-refractivity contribution in [2.24, 2.45) is 5.92 Å². The van der Waals surface area contributed by atoms with Crippen molar-refractivity contribution in [2.75, 3.05) is 18.5 Å². The molecule has 1 aliphatic rings. The molecular weight excluding hydrogens is 386 g/mol. The molecule has 2 amide bonds. The fourth-order valence-corrected chi connectivity index (χ4v) is 3.00. The highest BCUT2D eigenvalue weighted by Gasteiger charge is 2.21. The van der Waals surface area contributed by atoms with Crippen LogP contribution in [-0.4, -0.2) is 30.0 Å². The average molecular weight is 413 g/mol. The lowest BCUT2D eigenvalue weighted by molar-refractivity contribution is -0.123. The number of carbonyl (C=O) groups is 2. The van der Waals surface area contributed by atoms with Crippen LogP contribution in [0.3, 0.4) is 0 Å². The molecule has 2 aromatic rings. The number of oxazole rings is 1. The summed E-state index contributed by atoms with van der Waals surface area (Å²) in [4.78, 5) is 28.8. The largest absolute Gasteiger partial charge is 0.491 e. The van der Waals surface area contributed by atoms with E-state index in [4.69, 9.17) is 13.9 Å². The van der Waals surface area contributed by atoms with Gasteiger partial charge < -0.3 is 24.5 Å². The van der Waals surface area contributed by atoms with Gasteiger partial charge in [-0.15, -0.1) is 0 Å². The molecule has 0 aliphatic carbocycles. The molecule has 0 radical (unpaired) electrons. The first-order valence-electron chi connectivity index (χ1n) is 9.94. The highest BCUT2D eigenvalue weighted by Crippen LogP contribution is 2.25. The predicted molar refractivity (Wildman–Crippen MR) is 111 cm³/mol. The van der Waals surface area contributed by atoms with Gasteiger partial charge >= 0.3 is 0 Å². The second-order valence-electron chi connectivity index (χ2n) is 7.51. The Morgan fingerprint density at radius 3 is 2.67 bits per heavy atom. The number of hydrogen-bond acceptors (Lipinski definition) is 6. The molecule has 0 spiro atoms. The summed E-state index contributed by atoms with van der Waals surface area (Å²) in [6, 6.07) is 7.32. The van der Waals surface area contributed by atoms with E-state index >= 15 is 0 Å². The fraction of sp³-hybridized carbons (Fsp3) is 0.409. The van der Waals surface area contributed by atoms with Crippen LogP contribution in [-0.2, 0) is 25.6 Å². The molecule has 2 N–H and O–H groups in total. The van der Waals surface area contributed by atoms with Gasteiger partial charge in [0.25, 0.3) is 5.91 Å². The van der Waals surface area contributed by atoms with Gasteiger partial charge in [-0.3, -0.25) is 9.59 Å². The summed E-state index contributed by atoms with van der Waals surface area (Å²) in [6.45, 7) is 8.45. The van der Waals surface area contributed by atoms with E-state index in [0.717, 1.165) is 5.56 Å². The van der Waals surface area contributed by atoms with Crippen molar-refractivity contribution in [3.8, 4) is 11.5 Å². The van der Waals surface area contributed by atoms with Gasteiger partial charge in [0.2, 0.25) is 17.6 Å². The Morgan fingerprint density at radius 1 is 1.17 bits per heavy atom. The van der Waals surface area contributed by atoms with Crippen LogP contribution in [0.1, 0.15) is 38.6 Å². The Kier molecular flexibility index (Phi) is 6.76. The van der Waals surface area contributed by atoms with Crippen molar-refractivity contribution in [1.29, 1.82) is 0 Å². The molecule has 0 saturated carbocycles. The monoisotopic (exact) mass is 413 g/mol. The van der Waals surface area contributed by atoms with E-state index in [-0.39, 0.29) is 30.0 Å². The van der Waals surface area contributed by atoms with Crippen molar-refractivity contribution in [1.82, 2.24) is 10.3 Å². The van der Waals surface area contributed by atoms with Gasteiger partial charge in [0.05, 0.1) is 6.54 Å². The molecule has 0 saturated heterocycles. The number of aromatic nitrogens is 1. The van der Waals surface area contributed by atoms with Crippen LogP contribution in [0, 0.1) is 12.8 Å². The van der Waals surface area contributed by atoms with Gasteiger partial charge in [0.1, 0.15) is 30.4 Å². The Bertz CT molecular complexity index is 961. The maximum atomic E-state index is 12.3. The minimum Gasteiger partial charge on any atom is -0.491 e. The third-order valence-corrected chi connectivity index (χ3v) is 4.47. The Hall–Kier alpha value is -3.29. The third kappa shape index (κ3) is 5.40. The average Bonchev–Trinajstić information content (AvgIpc) is 3.06. The number of ether oxygens (including phenoxy) is 2. The first kappa shape index (κ1) is 21.4. The zero-order valence-electron chi connectivity index (χ0n) is 17.7. The van der Waals surface area contributed by atoms with Gasteiger partial charge in [0.15, 0.2) is 0 Å². The number of aryl methyl sites for hydroxylation is 1. The Labute approximate surface area is 175 Å².